The number of benzene rings is 1. The molecule has 10 heteroatoms. The maximum absolute atomic E-state index is 11.1. The van der Waals surface area contributed by atoms with Crippen molar-refractivity contribution in [2.45, 2.75) is 13.3 Å². The number of para-hydroxylation sites is 2. The van der Waals surface area contributed by atoms with Crippen molar-refractivity contribution in [3.05, 3.63) is 46.6 Å². The molecular weight excluding hydrogens is 452 g/mol. The molecule has 1 aromatic carbocycles. The Morgan fingerprint density at radius 3 is 2.71 bits per heavy atom. The van der Waals surface area contributed by atoms with E-state index < -0.39 is 6.09 Å². The van der Waals surface area contributed by atoms with Gasteiger partial charge in [0.05, 0.1) is 34.5 Å². The molecule has 1 N–H and O–H groups in total. The van der Waals surface area contributed by atoms with Gasteiger partial charge in [0.1, 0.15) is 5.82 Å². The van der Waals surface area contributed by atoms with Crippen LogP contribution in [0.3, 0.4) is 0 Å². The Bertz CT molecular complexity index is 1430. The van der Waals surface area contributed by atoms with Gasteiger partial charge in [-0.2, -0.15) is 4.98 Å². The van der Waals surface area contributed by atoms with Gasteiger partial charge in [0.2, 0.25) is 5.95 Å². The van der Waals surface area contributed by atoms with Crippen molar-refractivity contribution in [1.82, 2.24) is 24.4 Å². The molecule has 0 atom stereocenters. The molecule has 3 aromatic heterocycles. The summed E-state index contributed by atoms with van der Waals surface area (Å²) in [5.41, 5.74) is 3.91. The number of nitrogens with zero attached hydrogens (tertiary/aromatic N) is 6. The van der Waals surface area contributed by atoms with Crippen LogP contribution in [0.25, 0.3) is 33.3 Å². The van der Waals surface area contributed by atoms with E-state index in [2.05, 4.69) is 34.6 Å². The van der Waals surface area contributed by atoms with Gasteiger partial charge in [0.15, 0.2) is 5.82 Å². The molecule has 0 saturated carbocycles. The second kappa shape index (κ2) is 8.37. The van der Waals surface area contributed by atoms with Gasteiger partial charge in [0, 0.05) is 37.5 Å². The standard InChI is InChI=1S/C24H24N6O3S/c1-2-20-25-17-5-3-4-6-19(17)30(20)23-26-18-12-16(11-15-13-29(14-15)24(31)32)34-21(18)22(27-23)28-7-9-33-10-8-28/h3-6,11-12H,2,7-10,13-14H2,1H3,(H,31,32). The number of carbonyl (C=O) groups is 1. The van der Waals surface area contributed by atoms with Crippen LogP contribution >= 0.6 is 11.3 Å². The molecule has 34 heavy (non-hydrogen) atoms. The molecule has 0 bridgehead atoms. The van der Waals surface area contributed by atoms with Crippen LogP contribution in [-0.2, 0) is 11.2 Å². The van der Waals surface area contributed by atoms with Crippen molar-refractivity contribution >= 4 is 50.6 Å². The van der Waals surface area contributed by atoms with E-state index in [-0.39, 0.29) is 0 Å². The highest BCUT2D eigenvalue weighted by Gasteiger charge is 2.25. The summed E-state index contributed by atoms with van der Waals surface area (Å²) >= 11 is 1.65. The van der Waals surface area contributed by atoms with Crippen LogP contribution < -0.4 is 4.90 Å². The average Bonchev–Trinajstić information content (AvgIpc) is 3.41. The molecule has 0 radical (unpaired) electrons. The molecule has 2 aliphatic rings. The molecule has 2 fully saturated rings. The Morgan fingerprint density at radius 2 is 1.94 bits per heavy atom. The summed E-state index contributed by atoms with van der Waals surface area (Å²) in [5, 5.41) is 9.11. The van der Waals surface area contributed by atoms with Gasteiger partial charge >= 0.3 is 6.09 Å². The number of hydrogen-bond donors (Lipinski definition) is 1. The Labute approximate surface area is 199 Å². The number of ether oxygens (including phenoxy) is 1. The number of anilines is 1. The zero-order valence-electron chi connectivity index (χ0n) is 18.8. The fourth-order valence-electron chi connectivity index (χ4n) is 4.49. The van der Waals surface area contributed by atoms with E-state index in [1.54, 1.807) is 11.3 Å². The average molecular weight is 477 g/mol. The van der Waals surface area contributed by atoms with Crippen LogP contribution in [0, 0.1) is 0 Å². The number of imidazole rings is 1. The minimum absolute atomic E-state index is 0.456. The molecular formula is C24H24N6O3S. The third-order valence-electron chi connectivity index (χ3n) is 6.22. The zero-order chi connectivity index (χ0) is 23.2. The van der Waals surface area contributed by atoms with E-state index in [1.165, 1.54) is 4.90 Å². The molecule has 9 nitrogen and oxygen atoms in total. The summed E-state index contributed by atoms with van der Waals surface area (Å²) in [6, 6.07) is 10.1. The van der Waals surface area contributed by atoms with Crippen LogP contribution in [0.5, 0.6) is 0 Å². The molecule has 2 saturated heterocycles. The fraction of sp³-hybridized carbons (Fsp3) is 0.333. The number of likely N-dealkylation sites (tertiary alicyclic amines) is 1. The summed E-state index contributed by atoms with van der Waals surface area (Å²) in [6.07, 6.45) is 1.97. The van der Waals surface area contributed by atoms with Crippen LogP contribution in [0.2, 0.25) is 0 Å². The lowest BCUT2D eigenvalue weighted by atomic mass is 10.1. The molecule has 0 aliphatic carbocycles. The zero-order valence-corrected chi connectivity index (χ0v) is 19.6. The van der Waals surface area contributed by atoms with Gasteiger partial charge in [-0.1, -0.05) is 19.1 Å². The van der Waals surface area contributed by atoms with E-state index in [0.717, 1.165) is 62.9 Å². The molecule has 1 amide bonds. The summed E-state index contributed by atoms with van der Waals surface area (Å²) in [4.78, 5) is 30.7. The highest BCUT2D eigenvalue weighted by molar-refractivity contribution is 7.20. The maximum atomic E-state index is 11.1. The van der Waals surface area contributed by atoms with E-state index in [9.17, 15) is 4.79 Å². The van der Waals surface area contributed by atoms with Crippen molar-refractivity contribution in [2.75, 3.05) is 44.3 Å². The number of rotatable bonds is 4. The van der Waals surface area contributed by atoms with Crippen molar-refractivity contribution in [3.8, 4) is 5.95 Å². The van der Waals surface area contributed by atoms with E-state index >= 15 is 0 Å². The lowest BCUT2D eigenvalue weighted by Gasteiger charge is -2.31. The van der Waals surface area contributed by atoms with Crippen LogP contribution in [0.4, 0.5) is 10.6 Å². The number of morpholine rings is 1. The summed E-state index contributed by atoms with van der Waals surface area (Å²) in [5.74, 6) is 2.46. The first kappa shape index (κ1) is 21.1. The Balaban J connectivity index is 1.49. The van der Waals surface area contributed by atoms with Gasteiger partial charge in [-0.3, -0.25) is 4.57 Å². The van der Waals surface area contributed by atoms with Gasteiger partial charge in [-0.15, -0.1) is 11.3 Å². The van der Waals surface area contributed by atoms with Gasteiger partial charge in [0.25, 0.3) is 0 Å². The third-order valence-corrected chi connectivity index (χ3v) is 7.29. The van der Waals surface area contributed by atoms with Gasteiger partial charge in [-0.05, 0) is 29.8 Å². The van der Waals surface area contributed by atoms with Gasteiger partial charge in [-0.25, -0.2) is 14.8 Å². The first-order chi connectivity index (χ1) is 16.6. The number of carboxylic acid groups (broad SMARTS) is 1. The molecule has 0 unspecified atom stereocenters. The number of hydrogen-bond acceptors (Lipinski definition) is 7. The van der Waals surface area contributed by atoms with E-state index in [0.29, 0.717) is 32.3 Å². The number of fused-ring (bicyclic) bond motifs is 2. The van der Waals surface area contributed by atoms with Crippen LogP contribution in [0.15, 0.2) is 35.9 Å². The quantitative estimate of drug-likeness (QED) is 0.478. The molecule has 5 heterocycles. The molecule has 4 aromatic rings. The van der Waals surface area contributed by atoms with E-state index in [4.69, 9.17) is 24.8 Å². The fourth-order valence-corrected chi connectivity index (χ4v) is 5.60. The molecule has 6 rings (SSSR count). The topological polar surface area (TPSA) is 96.6 Å². The Hall–Kier alpha value is -3.50. The van der Waals surface area contributed by atoms with Crippen molar-refractivity contribution in [1.29, 1.82) is 0 Å². The normalized spacial score (nSPS) is 16.3. The summed E-state index contributed by atoms with van der Waals surface area (Å²) in [6.45, 7) is 5.89. The largest absolute Gasteiger partial charge is 0.465 e. The number of aryl methyl sites for hydroxylation is 1. The second-order valence-electron chi connectivity index (χ2n) is 8.46. The molecule has 174 valence electrons. The van der Waals surface area contributed by atoms with Crippen molar-refractivity contribution < 1.29 is 14.6 Å². The first-order valence-electron chi connectivity index (χ1n) is 11.4. The van der Waals surface area contributed by atoms with E-state index in [1.807, 2.05) is 18.2 Å². The smallest absolute Gasteiger partial charge is 0.407 e. The SMILES string of the molecule is CCc1nc2ccccc2n1-c1nc(N2CCOCC2)c2sc(C=C3CN(C(=O)O)C3)cc2n1. The minimum Gasteiger partial charge on any atom is -0.465 e. The number of aromatic nitrogens is 4. The van der Waals surface area contributed by atoms with Crippen molar-refractivity contribution in [3.63, 3.8) is 0 Å². The highest BCUT2D eigenvalue weighted by Crippen LogP contribution is 2.35. The number of amides is 1. The highest BCUT2D eigenvalue weighted by atomic mass is 32.1. The van der Waals surface area contributed by atoms with Gasteiger partial charge < -0.3 is 19.6 Å². The maximum Gasteiger partial charge on any atom is 0.407 e. The number of thiophene rings is 1. The van der Waals surface area contributed by atoms with Crippen molar-refractivity contribution in [2.24, 2.45) is 0 Å². The Kier molecular flexibility index (Phi) is 5.19. The predicted octanol–water partition coefficient (Wildman–Crippen LogP) is 3.81. The minimum atomic E-state index is -0.877. The summed E-state index contributed by atoms with van der Waals surface area (Å²) in [7, 11) is 0. The van der Waals surface area contributed by atoms with Crippen LogP contribution in [0.1, 0.15) is 17.6 Å². The van der Waals surface area contributed by atoms with Crippen LogP contribution in [-0.4, -0.2) is 75.0 Å². The summed E-state index contributed by atoms with van der Waals surface area (Å²) < 4.78 is 8.68. The monoisotopic (exact) mass is 476 g/mol. The Morgan fingerprint density at radius 1 is 1.15 bits per heavy atom. The predicted molar refractivity (Wildman–Crippen MR) is 132 cm³/mol. The second-order valence-corrected chi connectivity index (χ2v) is 9.54. The third kappa shape index (κ3) is 3.59. The lowest BCUT2D eigenvalue weighted by Crippen LogP contribution is -2.43. The molecule has 2 aliphatic heterocycles. The molecule has 0 spiro atoms. The lowest BCUT2D eigenvalue weighted by molar-refractivity contribution is 0.122. The first-order valence-corrected chi connectivity index (χ1v) is 12.2.